The van der Waals surface area contributed by atoms with E-state index in [1.165, 1.54) is 0 Å². The Kier molecular flexibility index (Phi) is 10.3. The zero-order chi connectivity index (χ0) is 15.5. The first-order valence-corrected chi connectivity index (χ1v) is 8.71. The van der Waals surface area contributed by atoms with Gasteiger partial charge in [-0.3, -0.25) is 4.90 Å². The Morgan fingerprint density at radius 2 is 1.70 bits per heavy atom. The molecule has 1 aliphatic heterocycles. The molecule has 0 amide bonds. The number of piperazine rings is 1. The van der Waals surface area contributed by atoms with Gasteiger partial charge in [0.05, 0.1) is 10.0 Å². The molecule has 1 aromatic rings. The Labute approximate surface area is 157 Å². The Hall–Kier alpha value is 0.140. The fourth-order valence-electron chi connectivity index (χ4n) is 2.13. The van der Waals surface area contributed by atoms with E-state index in [1.807, 2.05) is 0 Å². The van der Waals surface area contributed by atoms with E-state index in [4.69, 9.17) is 23.2 Å². The monoisotopic (exact) mass is 427 g/mol. The maximum atomic E-state index is 13.1. The molecule has 0 saturated carbocycles. The van der Waals surface area contributed by atoms with E-state index in [9.17, 15) is 12.8 Å². The number of sulfonamides is 1. The summed E-state index contributed by atoms with van der Waals surface area (Å²) >= 11 is 11.6. The molecule has 134 valence electrons. The molecule has 0 aromatic heterocycles. The number of nitrogens with one attached hydrogen (secondary N) is 2. The highest BCUT2D eigenvalue weighted by molar-refractivity contribution is 7.89. The van der Waals surface area contributed by atoms with Gasteiger partial charge in [-0.15, -0.1) is 24.8 Å². The van der Waals surface area contributed by atoms with Crippen molar-refractivity contribution in [3.63, 3.8) is 0 Å². The molecule has 0 radical (unpaired) electrons. The van der Waals surface area contributed by atoms with Crippen LogP contribution in [0.3, 0.4) is 0 Å². The highest BCUT2D eigenvalue weighted by atomic mass is 35.5. The minimum atomic E-state index is -3.86. The van der Waals surface area contributed by atoms with Crippen molar-refractivity contribution in [3.05, 3.63) is 28.0 Å². The predicted molar refractivity (Wildman–Crippen MR) is 95.4 cm³/mol. The van der Waals surface area contributed by atoms with Crippen LogP contribution in [0.4, 0.5) is 4.39 Å². The molecular formula is C12H18Cl4FN3O2S. The summed E-state index contributed by atoms with van der Waals surface area (Å²) in [5.74, 6) is -0.676. The molecule has 0 spiro atoms. The van der Waals surface area contributed by atoms with Crippen molar-refractivity contribution in [1.29, 1.82) is 0 Å². The van der Waals surface area contributed by atoms with E-state index in [0.29, 0.717) is 6.54 Å². The molecule has 1 aromatic carbocycles. The van der Waals surface area contributed by atoms with Crippen LogP contribution in [0.15, 0.2) is 17.0 Å². The quantitative estimate of drug-likeness (QED) is 0.754. The van der Waals surface area contributed by atoms with Crippen molar-refractivity contribution >= 4 is 58.0 Å². The Balaban J connectivity index is 0.00000242. The van der Waals surface area contributed by atoms with E-state index in [2.05, 4.69) is 14.9 Å². The van der Waals surface area contributed by atoms with Gasteiger partial charge >= 0.3 is 0 Å². The van der Waals surface area contributed by atoms with Crippen molar-refractivity contribution in [2.75, 3.05) is 39.3 Å². The lowest BCUT2D eigenvalue weighted by Gasteiger charge is -2.27. The minimum absolute atomic E-state index is 0. The van der Waals surface area contributed by atoms with Gasteiger partial charge in [-0.2, -0.15) is 0 Å². The van der Waals surface area contributed by atoms with E-state index >= 15 is 0 Å². The van der Waals surface area contributed by atoms with Crippen LogP contribution in [0.1, 0.15) is 0 Å². The van der Waals surface area contributed by atoms with Gasteiger partial charge < -0.3 is 5.32 Å². The number of nitrogens with zero attached hydrogens (tertiary/aromatic N) is 1. The van der Waals surface area contributed by atoms with Crippen molar-refractivity contribution in [2.24, 2.45) is 0 Å². The smallest absolute Gasteiger partial charge is 0.243 e. The van der Waals surface area contributed by atoms with Crippen LogP contribution in [0.5, 0.6) is 0 Å². The van der Waals surface area contributed by atoms with Crippen molar-refractivity contribution in [3.8, 4) is 0 Å². The summed E-state index contributed by atoms with van der Waals surface area (Å²) in [6.45, 7) is 4.37. The maximum Gasteiger partial charge on any atom is 0.243 e. The molecule has 5 nitrogen and oxygen atoms in total. The van der Waals surface area contributed by atoms with Gasteiger partial charge in [0.15, 0.2) is 0 Å². The SMILES string of the molecule is Cl.Cl.O=S(=O)(NCCN1CCNCC1)c1c(Cl)cc(F)cc1Cl. The third-order valence-corrected chi connectivity index (χ3v) is 5.54. The molecule has 11 heteroatoms. The lowest BCUT2D eigenvalue weighted by molar-refractivity contribution is 0.245. The molecule has 0 atom stereocenters. The number of rotatable bonds is 5. The second kappa shape index (κ2) is 10.2. The standard InChI is InChI=1S/C12H16Cl2FN3O2S.2ClH/c13-10-7-9(15)8-11(14)12(10)21(19,20)17-3-6-18-4-1-16-2-5-18;;/h7-8,16-17H,1-6H2;2*1H. The molecule has 1 fully saturated rings. The van der Waals surface area contributed by atoms with Crippen molar-refractivity contribution in [1.82, 2.24) is 14.9 Å². The van der Waals surface area contributed by atoms with Crippen LogP contribution in [0, 0.1) is 5.82 Å². The molecule has 0 bridgehead atoms. The van der Waals surface area contributed by atoms with Crippen LogP contribution in [-0.2, 0) is 10.0 Å². The second-order valence-corrected chi connectivity index (χ2v) is 7.21. The van der Waals surface area contributed by atoms with Gasteiger partial charge in [-0.25, -0.2) is 17.5 Å². The fraction of sp³-hybridized carbons (Fsp3) is 0.500. The van der Waals surface area contributed by atoms with Gasteiger partial charge in [0, 0.05) is 39.3 Å². The summed E-state index contributed by atoms with van der Waals surface area (Å²) in [5, 5.41) is 2.76. The molecule has 0 unspecified atom stereocenters. The third kappa shape index (κ3) is 6.51. The maximum absolute atomic E-state index is 13.1. The van der Waals surface area contributed by atoms with E-state index in [1.54, 1.807) is 0 Å². The zero-order valence-electron chi connectivity index (χ0n) is 12.0. The number of hydrogen-bond donors (Lipinski definition) is 2. The molecule has 1 saturated heterocycles. The molecule has 1 aliphatic rings. The summed E-state index contributed by atoms with van der Waals surface area (Å²) in [6.07, 6.45) is 0. The lowest BCUT2D eigenvalue weighted by atomic mass is 10.3. The second-order valence-electron chi connectivity index (χ2n) is 4.69. The predicted octanol–water partition coefficient (Wildman–Crippen LogP) is 2.16. The Bertz CT molecular complexity index is 589. The number of halogens is 5. The summed E-state index contributed by atoms with van der Waals surface area (Å²) in [5.41, 5.74) is 0. The van der Waals surface area contributed by atoms with Gasteiger partial charge in [-0.1, -0.05) is 23.2 Å². The van der Waals surface area contributed by atoms with Gasteiger partial charge in [0.1, 0.15) is 10.7 Å². The van der Waals surface area contributed by atoms with Crippen LogP contribution in [-0.4, -0.2) is 52.6 Å². The fourth-order valence-corrected chi connectivity index (χ4v) is 4.34. The highest BCUT2D eigenvalue weighted by Crippen LogP contribution is 2.30. The van der Waals surface area contributed by atoms with Gasteiger partial charge in [-0.05, 0) is 12.1 Å². The molecule has 2 N–H and O–H groups in total. The minimum Gasteiger partial charge on any atom is -0.314 e. The van der Waals surface area contributed by atoms with Crippen molar-refractivity contribution < 1.29 is 12.8 Å². The van der Waals surface area contributed by atoms with Gasteiger partial charge in [0.2, 0.25) is 10.0 Å². The Morgan fingerprint density at radius 3 is 2.22 bits per heavy atom. The molecule has 0 aliphatic carbocycles. The zero-order valence-corrected chi connectivity index (χ0v) is 16.0. The summed E-state index contributed by atoms with van der Waals surface area (Å²) in [4.78, 5) is 1.86. The molecule has 23 heavy (non-hydrogen) atoms. The van der Waals surface area contributed by atoms with Gasteiger partial charge in [0.25, 0.3) is 0 Å². The molecule has 1 heterocycles. The summed E-state index contributed by atoms with van der Waals surface area (Å²) in [7, 11) is -3.86. The average molecular weight is 429 g/mol. The lowest BCUT2D eigenvalue weighted by Crippen LogP contribution is -2.46. The summed E-state index contributed by atoms with van der Waals surface area (Å²) in [6, 6.07) is 1.86. The molecule has 2 rings (SSSR count). The van der Waals surface area contributed by atoms with E-state index in [0.717, 1.165) is 38.3 Å². The molecular weight excluding hydrogens is 411 g/mol. The largest absolute Gasteiger partial charge is 0.314 e. The van der Waals surface area contributed by atoms with Crippen LogP contribution in [0.2, 0.25) is 10.0 Å². The third-order valence-electron chi connectivity index (χ3n) is 3.16. The van der Waals surface area contributed by atoms with E-state index < -0.39 is 15.8 Å². The first kappa shape index (κ1) is 23.1. The van der Waals surface area contributed by atoms with E-state index in [-0.39, 0.29) is 46.3 Å². The van der Waals surface area contributed by atoms with Crippen LogP contribution < -0.4 is 10.0 Å². The Morgan fingerprint density at radius 1 is 1.17 bits per heavy atom. The summed E-state index contributed by atoms with van der Waals surface area (Å²) < 4.78 is 39.9. The first-order valence-electron chi connectivity index (χ1n) is 6.47. The first-order chi connectivity index (χ1) is 9.90. The van der Waals surface area contributed by atoms with Crippen LogP contribution >= 0.6 is 48.0 Å². The van der Waals surface area contributed by atoms with Crippen molar-refractivity contribution in [2.45, 2.75) is 4.90 Å². The number of hydrogen-bond acceptors (Lipinski definition) is 4. The topological polar surface area (TPSA) is 61.4 Å². The number of benzene rings is 1. The normalized spacial score (nSPS) is 15.6. The average Bonchev–Trinajstić information content (AvgIpc) is 2.38. The van der Waals surface area contributed by atoms with Crippen LogP contribution in [0.25, 0.3) is 0 Å². The highest BCUT2D eigenvalue weighted by Gasteiger charge is 2.22.